The number of aryl methyl sites for hydroxylation is 4. The van der Waals surface area contributed by atoms with Crippen LogP contribution < -0.4 is 5.32 Å². The summed E-state index contributed by atoms with van der Waals surface area (Å²) in [5.74, 6) is 0.877. The van der Waals surface area contributed by atoms with E-state index in [1.807, 2.05) is 13.8 Å². The van der Waals surface area contributed by atoms with Crippen LogP contribution >= 0.6 is 0 Å². The second-order valence-electron chi connectivity index (χ2n) is 11.1. The summed E-state index contributed by atoms with van der Waals surface area (Å²) in [4.78, 5) is 0. The molecule has 0 aliphatic carbocycles. The van der Waals surface area contributed by atoms with Gasteiger partial charge >= 0.3 is 0 Å². The normalized spacial score (nSPS) is 12.4. The Labute approximate surface area is 189 Å². The molecule has 0 aliphatic heterocycles. The van der Waals surface area contributed by atoms with E-state index in [1.54, 1.807) is 0 Å². The predicted molar refractivity (Wildman–Crippen MR) is 133 cm³/mol. The Hall–Kier alpha value is -2.00. The first-order valence-electron chi connectivity index (χ1n) is 11.7. The van der Waals surface area contributed by atoms with Gasteiger partial charge in [0.15, 0.2) is 0 Å². The molecule has 2 aromatic carbocycles. The standard InChI is InChI=1S/C28H43NO2/c1-19-15-21(17-23(25(19)30)27(3,4)5)11-9-13-29-14-10-12-22-16-20(2)26(31)24(18-22)28(6,7)8/h15-18,29-31H,9-14H2,1-8H3. The number of rotatable bonds is 8. The number of hydrogen-bond donors (Lipinski definition) is 3. The van der Waals surface area contributed by atoms with E-state index in [0.717, 1.165) is 61.0 Å². The second kappa shape index (κ2) is 10.1. The van der Waals surface area contributed by atoms with Gasteiger partial charge in [-0.3, -0.25) is 0 Å². The van der Waals surface area contributed by atoms with Crippen LogP contribution in [0.5, 0.6) is 11.5 Å². The maximum Gasteiger partial charge on any atom is 0.122 e. The summed E-state index contributed by atoms with van der Waals surface area (Å²) in [5, 5.41) is 24.3. The molecule has 0 heterocycles. The Balaban J connectivity index is 1.80. The molecule has 2 aromatic rings. The lowest BCUT2D eigenvalue weighted by Crippen LogP contribution is -2.18. The van der Waals surface area contributed by atoms with Crippen LogP contribution in [0.3, 0.4) is 0 Å². The van der Waals surface area contributed by atoms with Crippen molar-refractivity contribution >= 4 is 0 Å². The van der Waals surface area contributed by atoms with Gasteiger partial charge in [-0.15, -0.1) is 0 Å². The molecular weight excluding hydrogens is 382 g/mol. The quantitative estimate of drug-likeness (QED) is 0.425. The average molecular weight is 426 g/mol. The minimum Gasteiger partial charge on any atom is -0.507 e. The predicted octanol–water partition coefficient (Wildman–Crippen LogP) is 6.46. The number of aromatic hydroxyl groups is 2. The molecule has 172 valence electrons. The van der Waals surface area contributed by atoms with Crippen LogP contribution in [-0.2, 0) is 23.7 Å². The van der Waals surface area contributed by atoms with Crippen molar-refractivity contribution in [3.05, 3.63) is 57.6 Å². The zero-order valence-electron chi connectivity index (χ0n) is 20.9. The second-order valence-corrected chi connectivity index (χ2v) is 11.1. The van der Waals surface area contributed by atoms with Gasteiger partial charge in [0.2, 0.25) is 0 Å². The molecule has 2 rings (SSSR count). The average Bonchev–Trinajstić information content (AvgIpc) is 2.64. The van der Waals surface area contributed by atoms with Gasteiger partial charge in [-0.25, -0.2) is 0 Å². The molecule has 0 fully saturated rings. The summed E-state index contributed by atoms with van der Waals surface area (Å²) in [5.41, 5.74) is 6.50. The molecule has 0 saturated heterocycles. The summed E-state index contributed by atoms with van der Waals surface area (Å²) in [7, 11) is 0. The molecule has 31 heavy (non-hydrogen) atoms. The number of nitrogens with one attached hydrogen (secondary N) is 1. The van der Waals surface area contributed by atoms with Gasteiger partial charge < -0.3 is 15.5 Å². The molecule has 0 saturated carbocycles. The largest absolute Gasteiger partial charge is 0.507 e. The van der Waals surface area contributed by atoms with E-state index in [9.17, 15) is 10.2 Å². The van der Waals surface area contributed by atoms with Crippen LogP contribution in [0.15, 0.2) is 24.3 Å². The molecule has 0 spiro atoms. The molecule has 0 aliphatic rings. The van der Waals surface area contributed by atoms with Gasteiger partial charge in [0.25, 0.3) is 0 Å². The van der Waals surface area contributed by atoms with Crippen molar-refractivity contribution in [3.8, 4) is 11.5 Å². The van der Waals surface area contributed by atoms with Crippen molar-refractivity contribution in [3.63, 3.8) is 0 Å². The zero-order chi connectivity index (χ0) is 23.4. The maximum absolute atomic E-state index is 10.4. The van der Waals surface area contributed by atoms with Crippen LogP contribution in [0.2, 0.25) is 0 Å². The van der Waals surface area contributed by atoms with Gasteiger partial charge in [0.05, 0.1) is 0 Å². The Kier molecular flexibility index (Phi) is 8.21. The van der Waals surface area contributed by atoms with Crippen LogP contribution in [-0.4, -0.2) is 23.3 Å². The van der Waals surface area contributed by atoms with Crippen molar-refractivity contribution in [2.45, 2.75) is 91.9 Å². The summed E-state index contributed by atoms with van der Waals surface area (Å²) in [6.45, 7) is 18.8. The monoisotopic (exact) mass is 425 g/mol. The number of benzene rings is 2. The fourth-order valence-electron chi connectivity index (χ4n) is 4.10. The van der Waals surface area contributed by atoms with Crippen molar-refractivity contribution < 1.29 is 10.2 Å². The smallest absolute Gasteiger partial charge is 0.122 e. The number of phenolic OH excluding ortho intramolecular Hbond substituents is 2. The van der Waals surface area contributed by atoms with Crippen molar-refractivity contribution in [2.75, 3.05) is 13.1 Å². The van der Waals surface area contributed by atoms with E-state index in [1.165, 1.54) is 11.1 Å². The zero-order valence-corrected chi connectivity index (χ0v) is 20.9. The van der Waals surface area contributed by atoms with Gasteiger partial charge in [-0.05, 0) is 96.8 Å². The molecule has 0 unspecified atom stereocenters. The van der Waals surface area contributed by atoms with E-state index < -0.39 is 0 Å². The lowest BCUT2D eigenvalue weighted by molar-refractivity contribution is 0.441. The highest BCUT2D eigenvalue weighted by atomic mass is 16.3. The fourth-order valence-corrected chi connectivity index (χ4v) is 4.10. The first-order chi connectivity index (χ1) is 14.3. The first-order valence-corrected chi connectivity index (χ1v) is 11.7. The third-order valence-electron chi connectivity index (χ3n) is 5.97. The van der Waals surface area contributed by atoms with Gasteiger partial charge in [0, 0.05) is 0 Å². The van der Waals surface area contributed by atoms with Gasteiger partial charge in [-0.1, -0.05) is 65.8 Å². The third kappa shape index (κ3) is 7.00. The Morgan fingerprint density at radius 1 is 0.645 bits per heavy atom. The fraction of sp³-hybridized carbons (Fsp3) is 0.571. The Bertz CT molecular complexity index is 812. The van der Waals surface area contributed by atoms with Crippen LogP contribution in [0, 0.1) is 13.8 Å². The number of phenols is 2. The van der Waals surface area contributed by atoms with E-state index >= 15 is 0 Å². The molecule has 3 heteroatoms. The summed E-state index contributed by atoms with van der Waals surface area (Å²) < 4.78 is 0. The first kappa shape index (κ1) is 25.3. The highest BCUT2D eigenvalue weighted by Crippen LogP contribution is 2.35. The Morgan fingerprint density at radius 2 is 1.00 bits per heavy atom. The van der Waals surface area contributed by atoms with E-state index in [0.29, 0.717) is 11.5 Å². The van der Waals surface area contributed by atoms with E-state index in [4.69, 9.17) is 0 Å². The molecule has 3 nitrogen and oxygen atoms in total. The summed E-state index contributed by atoms with van der Waals surface area (Å²) in [6, 6.07) is 8.57. The van der Waals surface area contributed by atoms with Crippen LogP contribution in [0.25, 0.3) is 0 Å². The molecule has 3 N–H and O–H groups in total. The topological polar surface area (TPSA) is 52.5 Å². The maximum atomic E-state index is 10.4. The summed E-state index contributed by atoms with van der Waals surface area (Å²) >= 11 is 0. The van der Waals surface area contributed by atoms with Crippen molar-refractivity contribution in [1.82, 2.24) is 5.32 Å². The highest BCUT2D eigenvalue weighted by Gasteiger charge is 2.21. The van der Waals surface area contributed by atoms with Crippen LogP contribution in [0.1, 0.15) is 87.8 Å². The molecule has 0 aromatic heterocycles. The number of hydrogen-bond acceptors (Lipinski definition) is 3. The minimum absolute atomic E-state index is 0.0530. The lowest BCUT2D eigenvalue weighted by atomic mass is 9.83. The van der Waals surface area contributed by atoms with Gasteiger partial charge in [-0.2, -0.15) is 0 Å². The van der Waals surface area contributed by atoms with Gasteiger partial charge in [0.1, 0.15) is 11.5 Å². The van der Waals surface area contributed by atoms with Crippen LogP contribution in [0.4, 0.5) is 0 Å². The Morgan fingerprint density at radius 3 is 1.32 bits per heavy atom. The molecule has 0 amide bonds. The SMILES string of the molecule is Cc1cc(CCCNCCCc2cc(C)c(O)c(C(C)(C)C)c2)cc(C(C)(C)C)c1O. The molecule has 0 bridgehead atoms. The molecule has 0 atom stereocenters. The van der Waals surface area contributed by atoms with E-state index in [-0.39, 0.29) is 10.8 Å². The minimum atomic E-state index is -0.0530. The highest BCUT2D eigenvalue weighted by molar-refractivity contribution is 5.47. The molecule has 0 radical (unpaired) electrons. The van der Waals surface area contributed by atoms with E-state index in [2.05, 4.69) is 71.1 Å². The molecular formula is C28H43NO2. The summed E-state index contributed by atoms with van der Waals surface area (Å²) in [6.07, 6.45) is 4.20. The lowest BCUT2D eigenvalue weighted by Gasteiger charge is -2.23. The third-order valence-corrected chi connectivity index (χ3v) is 5.97. The van der Waals surface area contributed by atoms with Crippen molar-refractivity contribution in [2.24, 2.45) is 0 Å². The van der Waals surface area contributed by atoms with Crippen molar-refractivity contribution in [1.29, 1.82) is 0 Å².